The first-order valence-corrected chi connectivity index (χ1v) is 15.6. The topological polar surface area (TPSA) is 63.2 Å². The van der Waals surface area contributed by atoms with Gasteiger partial charge < -0.3 is 19.9 Å². The molecule has 8 bridgehead atoms. The molecule has 0 aliphatic carbocycles. The van der Waals surface area contributed by atoms with E-state index >= 15 is 0 Å². The molecule has 0 saturated heterocycles. The number of aromatic amines is 4. The van der Waals surface area contributed by atoms with Crippen LogP contribution < -0.4 is 21.4 Å². The van der Waals surface area contributed by atoms with Crippen molar-refractivity contribution >= 4 is 22.8 Å². The summed E-state index contributed by atoms with van der Waals surface area (Å²) < 4.78 is 0. The Bertz CT molecular complexity index is 2720. The Labute approximate surface area is 277 Å². The number of fused-ring (bicyclic) bond motifs is 8. The Morgan fingerprint density at radius 2 is 0.750 bits per heavy atom. The molecular weight excluding hydrogens is 585 g/mol. The van der Waals surface area contributed by atoms with Gasteiger partial charge in [0.15, 0.2) is 0 Å². The molecule has 4 N–H and O–H groups in total. The van der Waals surface area contributed by atoms with E-state index in [0.29, 0.717) is 0 Å². The van der Waals surface area contributed by atoms with E-state index in [1.807, 2.05) is 36.4 Å². The van der Waals surface area contributed by atoms with Gasteiger partial charge in [-0.1, -0.05) is 54.2 Å². The lowest BCUT2D eigenvalue weighted by molar-refractivity contribution is 1.19. The van der Waals surface area contributed by atoms with Gasteiger partial charge in [-0.05, 0) is 108 Å². The zero-order chi connectivity index (χ0) is 32.6. The molecule has 8 rings (SSSR count). The average Bonchev–Trinajstić information content (AvgIpc) is 3.97. The Kier molecular flexibility index (Phi) is 6.93. The minimum Gasteiger partial charge on any atom is -0.355 e. The SMILES string of the molecule is C#Cc1ccc(C2=c3ccc([nH]3)=Cc3ccc([nH]3)C(c3ccc(C#C)cc3)=c3ccc([nH]3)=C(c3ccc(C#C)cc3)c3ccc2[nH]3)cc1. The monoisotopic (exact) mass is 612 g/mol. The molecule has 1 aliphatic heterocycles. The number of H-pyrrole nitrogens is 4. The number of rotatable bonds is 3. The van der Waals surface area contributed by atoms with Gasteiger partial charge in [-0.25, -0.2) is 0 Å². The summed E-state index contributed by atoms with van der Waals surface area (Å²) in [6.45, 7) is 0. The number of nitrogens with one attached hydrogen (secondary N) is 4. The summed E-state index contributed by atoms with van der Waals surface area (Å²) in [6, 6.07) is 41.2. The van der Waals surface area contributed by atoms with E-state index in [4.69, 9.17) is 19.3 Å². The minimum atomic E-state index is 0.825. The van der Waals surface area contributed by atoms with Crippen LogP contribution in [-0.4, -0.2) is 19.9 Å². The third-order valence-electron chi connectivity index (χ3n) is 8.74. The van der Waals surface area contributed by atoms with E-state index in [-0.39, 0.29) is 0 Å². The van der Waals surface area contributed by atoms with Crippen LogP contribution in [0.5, 0.6) is 0 Å². The molecule has 0 saturated carbocycles. The molecule has 48 heavy (non-hydrogen) atoms. The largest absolute Gasteiger partial charge is 0.355 e. The molecule has 1 aliphatic rings. The molecule has 4 aromatic heterocycles. The maximum absolute atomic E-state index is 5.72. The van der Waals surface area contributed by atoms with Gasteiger partial charge in [-0.15, -0.1) is 19.3 Å². The highest BCUT2D eigenvalue weighted by atomic mass is 14.8. The van der Waals surface area contributed by atoms with E-state index in [9.17, 15) is 0 Å². The van der Waals surface area contributed by atoms with Crippen LogP contribution in [0, 0.1) is 37.0 Å². The fourth-order valence-electron chi connectivity index (χ4n) is 6.39. The van der Waals surface area contributed by atoms with Crippen molar-refractivity contribution in [3.05, 3.63) is 199 Å². The van der Waals surface area contributed by atoms with E-state index in [1.165, 1.54) is 0 Å². The van der Waals surface area contributed by atoms with Gasteiger partial charge >= 0.3 is 0 Å². The lowest BCUT2D eigenvalue weighted by atomic mass is 10.0. The summed E-state index contributed by atoms with van der Waals surface area (Å²) in [6.07, 6.45) is 19.2. The molecule has 0 radical (unpaired) electrons. The number of hydrogen-bond acceptors (Lipinski definition) is 0. The van der Waals surface area contributed by atoms with E-state index < -0.39 is 0 Å². The van der Waals surface area contributed by atoms with Crippen LogP contribution in [-0.2, 0) is 0 Å². The van der Waals surface area contributed by atoms with Crippen molar-refractivity contribution in [2.45, 2.75) is 0 Å². The number of aromatic nitrogens is 4. The maximum atomic E-state index is 5.72. The summed E-state index contributed by atoms with van der Waals surface area (Å²) in [7, 11) is 0. The minimum absolute atomic E-state index is 0.825. The van der Waals surface area contributed by atoms with Crippen molar-refractivity contribution in [3.63, 3.8) is 0 Å². The Morgan fingerprint density at radius 1 is 0.354 bits per heavy atom. The standard InChI is InChI=1S/C44H28N4/c1-4-28-7-13-31(14-8-28)42-36-21-19-34(45-36)27-35-20-22-37(46-35)43(32-15-9-29(5-2)10-16-32)39-24-26-41(48-39)44(40-25-23-38(42)47-40)33-17-11-30(6-3)12-18-33/h1-3,7-27,45-48H. The fraction of sp³-hybridized carbons (Fsp3) is 0. The highest BCUT2D eigenvalue weighted by molar-refractivity contribution is 5.83. The molecule has 0 fully saturated rings. The van der Waals surface area contributed by atoms with Crippen molar-refractivity contribution in [1.82, 2.24) is 19.9 Å². The van der Waals surface area contributed by atoms with Gasteiger partial charge in [0.2, 0.25) is 0 Å². The van der Waals surface area contributed by atoms with Gasteiger partial charge in [0.05, 0.1) is 0 Å². The highest BCUT2D eigenvalue weighted by Gasteiger charge is 2.16. The average molecular weight is 613 g/mol. The van der Waals surface area contributed by atoms with Crippen molar-refractivity contribution in [1.29, 1.82) is 0 Å². The zero-order valence-electron chi connectivity index (χ0n) is 25.9. The van der Waals surface area contributed by atoms with Crippen LogP contribution in [0.1, 0.15) is 56.2 Å². The van der Waals surface area contributed by atoms with Crippen LogP contribution in [0.15, 0.2) is 121 Å². The molecule has 3 aromatic carbocycles. The first kappa shape index (κ1) is 28.4. The van der Waals surface area contributed by atoms with Gasteiger partial charge in [0.25, 0.3) is 0 Å². The van der Waals surface area contributed by atoms with Gasteiger partial charge in [-0.3, -0.25) is 0 Å². The predicted octanol–water partition coefficient (Wildman–Crippen LogP) is 4.83. The van der Waals surface area contributed by atoms with Gasteiger partial charge in [0, 0.05) is 77.6 Å². The second-order valence-electron chi connectivity index (χ2n) is 11.7. The summed E-state index contributed by atoms with van der Waals surface area (Å²) in [5.74, 6) is 8.19. The maximum Gasteiger partial charge on any atom is 0.0485 e. The molecule has 4 heteroatoms. The highest BCUT2D eigenvalue weighted by Crippen LogP contribution is 2.26. The van der Waals surface area contributed by atoms with Crippen LogP contribution in [0.25, 0.3) is 22.8 Å². The number of terminal acetylenes is 3. The molecule has 5 heterocycles. The summed E-state index contributed by atoms with van der Waals surface area (Å²) in [5.41, 5.74) is 12.5. The molecule has 0 atom stereocenters. The quantitative estimate of drug-likeness (QED) is 0.207. The molecule has 7 aromatic rings. The first-order chi connectivity index (χ1) is 23.6. The Morgan fingerprint density at radius 3 is 1.21 bits per heavy atom. The zero-order valence-corrected chi connectivity index (χ0v) is 25.9. The molecule has 0 amide bonds. The fourth-order valence-corrected chi connectivity index (χ4v) is 6.39. The van der Waals surface area contributed by atoms with Crippen molar-refractivity contribution < 1.29 is 0 Å². The third kappa shape index (κ3) is 5.09. The van der Waals surface area contributed by atoms with E-state index in [0.717, 1.165) is 94.3 Å². The van der Waals surface area contributed by atoms with Crippen molar-refractivity contribution in [3.8, 4) is 37.0 Å². The Balaban J connectivity index is 1.46. The summed E-state index contributed by atoms with van der Waals surface area (Å²) >= 11 is 0. The van der Waals surface area contributed by atoms with E-state index in [1.54, 1.807) is 0 Å². The smallest absolute Gasteiger partial charge is 0.0485 e. The molecule has 224 valence electrons. The number of hydrogen-bond donors (Lipinski definition) is 4. The van der Waals surface area contributed by atoms with E-state index in [2.05, 4.69) is 129 Å². The molecule has 0 spiro atoms. The third-order valence-corrected chi connectivity index (χ3v) is 8.74. The van der Waals surface area contributed by atoms with Crippen LogP contribution in [0.2, 0.25) is 0 Å². The predicted molar refractivity (Wildman–Crippen MR) is 193 cm³/mol. The first-order valence-electron chi connectivity index (χ1n) is 15.6. The number of benzene rings is 3. The van der Waals surface area contributed by atoms with Gasteiger partial charge in [0.1, 0.15) is 0 Å². The second-order valence-corrected chi connectivity index (χ2v) is 11.7. The molecule has 4 nitrogen and oxygen atoms in total. The second kappa shape index (κ2) is 11.7. The molecular formula is C44H28N4. The lowest BCUT2D eigenvalue weighted by Gasteiger charge is -2.09. The molecule has 0 unspecified atom stereocenters. The van der Waals surface area contributed by atoms with Crippen molar-refractivity contribution in [2.75, 3.05) is 0 Å². The van der Waals surface area contributed by atoms with Crippen LogP contribution in [0.4, 0.5) is 0 Å². The normalized spacial score (nSPS) is 12.1. The van der Waals surface area contributed by atoms with Gasteiger partial charge in [-0.2, -0.15) is 0 Å². The van der Waals surface area contributed by atoms with Crippen LogP contribution >= 0.6 is 0 Å². The Hall–Kier alpha value is -7.06. The van der Waals surface area contributed by atoms with Crippen molar-refractivity contribution in [2.24, 2.45) is 0 Å². The summed E-state index contributed by atoms with van der Waals surface area (Å²) in [4.78, 5) is 14.8. The summed E-state index contributed by atoms with van der Waals surface area (Å²) in [5, 5.41) is 3.87. The lowest BCUT2D eigenvalue weighted by Crippen LogP contribution is -2.18. The van der Waals surface area contributed by atoms with Crippen LogP contribution in [0.3, 0.4) is 0 Å².